The minimum absolute atomic E-state index is 0.175. The van der Waals surface area contributed by atoms with Crippen molar-refractivity contribution in [2.45, 2.75) is 38.7 Å². The molecule has 0 aliphatic heterocycles. The summed E-state index contributed by atoms with van der Waals surface area (Å²) in [6.07, 6.45) is 4.85. The zero-order valence-electron chi connectivity index (χ0n) is 11.9. The molecule has 0 amide bonds. The normalized spacial score (nSPS) is 22.9. The van der Waals surface area contributed by atoms with Gasteiger partial charge in [0, 0.05) is 16.7 Å². The van der Waals surface area contributed by atoms with Gasteiger partial charge in [-0.15, -0.1) is 5.10 Å². The van der Waals surface area contributed by atoms with E-state index in [0.29, 0.717) is 18.3 Å². The third kappa shape index (κ3) is 2.48. The molecular formula is C16H21N3O. The zero-order chi connectivity index (χ0) is 13.9. The second-order valence-corrected chi connectivity index (χ2v) is 5.57. The summed E-state index contributed by atoms with van der Waals surface area (Å²) in [6.45, 7) is 2.66. The van der Waals surface area contributed by atoms with E-state index in [4.69, 9.17) is 10.5 Å². The molecular weight excluding hydrogens is 250 g/mol. The summed E-state index contributed by atoms with van der Waals surface area (Å²) in [5.74, 6) is 1.09. The van der Waals surface area contributed by atoms with E-state index in [1.165, 1.54) is 12.8 Å². The Hall–Kier alpha value is -1.68. The highest BCUT2D eigenvalue weighted by Crippen LogP contribution is 2.30. The van der Waals surface area contributed by atoms with Crippen molar-refractivity contribution in [1.29, 1.82) is 0 Å². The number of fused-ring (bicyclic) bond motifs is 1. The smallest absolute Gasteiger partial charge is 0.241 e. The molecule has 1 aliphatic rings. The lowest BCUT2D eigenvalue weighted by atomic mass is 9.86. The van der Waals surface area contributed by atoms with Crippen molar-refractivity contribution in [2.75, 3.05) is 6.54 Å². The molecule has 1 fully saturated rings. The SMILES string of the molecule is Cc1nnc(OC2CCCCC2CN)c2ccccc12. The molecule has 0 radical (unpaired) electrons. The largest absolute Gasteiger partial charge is 0.473 e. The molecule has 4 nitrogen and oxygen atoms in total. The van der Waals surface area contributed by atoms with Gasteiger partial charge in [-0.25, -0.2) is 0 Å². The molecule has 2 atom stereocenters. The summed E-state index contributed by atoms with van der Waals surface area (Å²) in [5, 5.41) is 10.6. The molecule has 2 aromatic rings. The van der Waals surface area contributed by atoms with Gasteiger partial charge in [-0.2, -0.15) is 5.10 Å². The molecule has 1 aromatic carbocycles. The van der Waals surface area contributed by atoms with Crippen molar-refractivity contribution in [3.8, 4) is 5.88 Å². The highest BCUT2D eigenvalue weighted by atomic mass is 16.5. The summed E-state index contributed by atoms with van der Waals surface area (Å²) < 4.78 is 6.17. The standard InChI is InChI=1S/C16H21N3O/c1-11-13-7-3-4-8-14(13)16(19-18-11)20-15-9-5-2-6-12(15)10-17/h3-4,7-8,12,15H,2,5-6,9-10,17H2,1H3. The van der Waals surface area contributed by atoms with Gasteiger partial charge in [0.05, 0.1) is 5.69 Å². The molecule has 1 heterocycles. The Kier molecular flexibility index (Phi) is 3.83. The summed E-state index contributed by atoms with van der Waals surface area (Å²) in [5.41, 5.74) is 6.81. The number of rotatable bonds is 3. The molecule has 1 aromatic heterocycles. The monoisotopic (exact) mass is 271 g/mol. The second kappa shape index (κ2) is 5.75. The Bertz CT molecular complexity index is 599. The number of benzene rings is 1. The minimum atomic E-state index is 0.175. The average Bonchev–Trinajstić information content (AvgIpc) is 2.51. The van der Waals surface area contributed by atoms with Crippen LogP contribution in [0.15, 0.2) is 24.3 Å². The fraction of sp³-hybridized carbons (Fsp3) is 0.500. The number of aryl methyl sites for hydroxylation is 1. The quantitative estimate of drug-likeness (QED) is 0.932. The van der Waals surface area contributed by atoms with Gasteiger partial charge in [0.25, 0.3) is 0 Å². The maximum atomic E-state index is 6.17. The number of hydrogen-bond acceptors (Lipinski definition) is 4. The lowest BCUT2D eigenvalue weighted by Crippen LogP contribution is -2.35. The molecule has 1 saturated carbocycles. The van der Waals surface area contributed by atoms with Gasteiger partial charge in [0.15, 0.2) is 0 Å². The molecule has 3 rings (SSSR count). The lowest BCUT2D eigenvalue weighted by molar-refractivity contribution is 0.0930. The lowest BCUT2D eigenvalue weighted by Gasteiger charge is -2.30. The van der Waals surface area contributed by atoms with Crippen LogP contribution < -0.4 is 10.5 Å². The first kappa shape index (κ1) is 13.3. The first-order chi connectivity index (χ1) is 9.79. The van der Waals surface area contributed by atoms with Gasteiger partial charge in [0.1, 0.15) is 6.10 Å². The van der Waals surface area contributed by atoms with E-state index in [1.54, 1.807) is 0 Å². The predicted octanol–water partition coefficient (Wildman–Crippen LogP) is 2.83. The van der Waals surface area contributed by atoms with Gasteiger partial charge < -0.3 is 10.5 Å². The number of nitrogens with two attached hydrogens (primary N) is 1. The van der Waals surface area contributed by atoms with E-state index < -0.39 is 0 Å². The molecule has 4 heteroatoms. The first-order valence-electron chi connectivity index (χ1n) is 7.38. The van der Waals surface area contributed by atoms with Crippen LogP contribution in [0.3, 0.4) is 0 Å². The number of ether oxygens (including phenoxy) is 1. The molecule has 2 N–H and O–H groups in total. The number of aromatic nitrogens is 2. The molecule has 106 valence electrons. The fourth-order valence-electron chi connectivity index (χ4n) is 3.04. The summed E-state index contributed by atoms with van der Waals surface area (Å²) in [4.78, 5) is 0. The zero-order valence-corrected chi connectivity index (χ0v) is 11.9. The van der Waals surface area contributed by atoms with E-state index in [1.807, 2.05) is 25.1 Å². The van der Waals surface area contributed by atoms with Crippen molar-refractivity contribution in [2.24, 2.45) is 11.7 Å². The number of nitrogens with zero attached hydrogens (tertiary/aromatic N) is 2. The van der Waals surface area contributed by atoms with Gasteiger partial charge in [0.2, 0.25) is 5.88 Å². The molecule has 0 bridgehead atoms. The predicted molar refractivity (Wildman–Crippen MR) is 79.7 cm³/mol. The highest BCUT2D eigenvalue weighted by molar-refractivity contribution is 5.88. The van der Waals surface area contributed by atoms with Crippen LogP contribution in [-0.4, -0.2) is 22.8 Å². The average molecular weight is 271 g/mol. The van der Waals surface area contributed by atoms with Crippen molar-refractivity contribution in [3.05, 3.63) is 30.0 Å². The molecule has 20 heavy (non-hydrogen) atoms. The van der Waals surface area contributed by atoms with Crippen LogP contribution in [0.25, 0.3) is 10.8 Å². The molecule has 2 unspecified atom stereocenters. The van der Waals surface area contributed by atoms with E-state index in [0.717, 1.165) is 29.3 Å². The maximum absolute atomic E-state index is 6.17. The van der Waals surface area contributed by atoms with E-state index in [2.05, 4.69) is 16.3 Å². The van der Waals surface area contributed by atoms with Crippen molar-refractivity contribution in [1.82, 2.24) is 10.2 Å². The van der Waals surface area contributed by atoms with Crippen LogP contribution in [0.5, 0.6) is 5.88 Å². The Balaban J connectivity index is 1.92. The van der Waals surface area contributed by atoms with Crippen molar-refractivity contribution in [3.63, 3.8) is 0 Å². The van der Waals surface area contributed by atoms with Crippen LogP contribution in [0.1, 0.15) is 31.4 Å². The Labute approximate surface area is 119 Å². The fourth-order valence-corrected chi connectivity index (χ4v) is 3.04. The Morgan fingerprint density at radius 1 is 1.15 bits per heavy atom. The van der Waals surface area contributed by atoms with Gasteiger partial charge >= 0.3 is 0 Å². The van der Waals surface area contributed by atoms with Crippen LogP contribution in [0.2, 0.25) is 0 Å². The van der Waals surface area contributed by atoms with E-state index in [-0.39, 0.29) is 6.10 Å². The molecule has 0 saturated heterocycles. The van der Waals surface area contributed by atoms with Crippen LogP contribution in [0, 0.1) is 12.8 Å². The topological polar surface area (TPSA) is 61.0 Å². The molecule has 1 aliphatic carbocycles. The summed E-state index contributed by atoms with van der Waals surface area (Å²) in [6, 6.07) is 8.14. The third-order valence-electron chi connectivity index (χ3n) is 4.24. The second-order valence-electron chi connectivity index (χ2n) is 5.57. The van der Waals surface area contributed by atoms with Crippen LogP contribution >= 0.6 is 0 Å². The summed E-state index contributed by atoms with van der Waals surface area (Å²) >= 11 is 0. The van der Waals surface area contributed by atoms with Crippen LogP contribution in [-0.2, 0) is 0 Å². The number of hydrogen-bond donors (Lipinski definition) is 1. The van der Waals surface area contributed by atoms with Gasteiger partial charge in [-0.3, -0.25) is 0 Å². The third-order valence-corrected chi connectivity index (χ3v) is 4.24. The van der Waals surface area contributed by atoms with E-state index in [9.17, 15) is 0 Å². The van der Waals surface area contributed by atoms with Crippen molar-refractivity contribution >= 4 is 10.8 Å². The summed E-state index contributed by atoms with van der Waals surface area (Å²) in [7, 11) is 0. The highest BCUT2D eigenvalue weighted by Gasteiger charge is 2.26. The van der Waals surface area contributed by atoms with Gasteiger partial charge in [-0.1, -0.05) is 24.6 Å². The first-order valence-corrected chi connectivity index (χ1v) is 7.38. The van der Waals surface area contributed by atoms with Gasteiger partial charge in [-0.05, 0) is 38.8 Å². The minimum Gasteiger partial charge on any atom is -0.473 e. The Morgan fingerprint density at radius 2 is 1.90 bits per heavy atom. The van der Waals surface area contributed by atoms with E-state index >= 15 is 0 Å². The maximum Gasteiger partial charge on any atom is 0.241 e. The van der Waals surface area contributed by atoms with Crippen molar-refractivity contribution < 1.29 is 4.74 Å². The Morgan fingerprint density at radius 3 is 2.70 bits per heavy atom. The van der Waals surface area contributed by atoms with Crippen LogP contribution in [0.4, 0.5) is 0 Å². The molecule has 0 spiro atoms.